The molecule has 1 unspecified atom stereocenters. The van der Waals surface area contributed by atoms with Crippen LogP contribution in [0.2, 0.25) is 0 Å². The highest BCUT2D eigenvalue weighted by atomic mass is 28.3. The molecule has 0 bridgehead atoms. The first-order chi connectivity index (χ1) is 7.93. The molecule has 1 atom stereocenters. The molecule has 16 heavy (non-hydrogen) atoms. The van der Waals surface area contributed by atoms with Gasteiger partial charge in [0, 0.05) is 13.2 Å². The molecule has 1 heterocycles. The Kier molecular flexibility index (Phi) is 9.08. The Morgan fingerprint density at radius 2 is 2.00 bits per heavy atom. The SMILES string of the molecule is CCCCCCCCC1CCO[SiH2]ONC1. The van der Waals surface area contributed by atoms with Gasteiger partial charge in [-0.1, -0.05) is 45.4 Å². The van der Waals surface area contributed by atoms with E-state index in [0.717, 1.165) is 19.1 Å². The van der Waals surface area contributed by atoms with Crippen molar-refractivity contribution < 1.29 is 8.95 Å². The van der Waals surface area contributed by atoms with Crippen LogP contribution in [0.25, 0.3) is 0 Å². The number of hydrogen-bond acceptors (Lipinski definition) is 3. The van der Waals surface area contributed by atoms with Crippen LogP contribution >= 0.6 is 0 Å². The van der Waals surface area contributed by atoms with Crippen LogP contribution in [0.3, 0.4) is 0 Å². The molecule has 1 aliphatic rings. The quantitative estimate of drug-likeness (QED) is 0.551. The molecule has 1 aliphatic heterocycles. The van der Waals surface area contributed by atoms with E-state index in [1.807, 2.05) is 0 Å². The molecule has 0 spiro atoms. The third-order valence-electron chi connectivity index (χ3n) is 3.25. The molecule has 4 heteroatoms. The van der Waals surface area contributed by atoms with Crippen molar-refractivity contribution in [1.29, 1.82) is 0 Å². The fourth-order valence-corrected chi connectivity index (χ4v) is 2.70. The Labute approximate surface area is 102 Å². The maximum Gasteiger partial charge on any atom is 0.326 e. The topological polar surface area (TPSA) is 30.5 Å². The standard InChI is InChI=1S/C12H27NO2Si/c1-2-3-4-5-6-7-8-12-9-10-14-16-15-13-11-12/h12-13H,2-11,16H2,1H3. The summed E-state index contributed by atoms with van der Waals surface area (Å²) in [5.74, 6) is 0.750. The third-order valence-corrected chi connectivity index (χ3v) is 4.03. The smallest absolute Gasteiger partial charge is 0.326 e. The summed E-state index contributed by atoms with van der Waals surface area (Å²) in [6, 6.07) is 0. The Bertz CT molecular complexity index is 150. The lowest BCUT2D eigenvalue weighted by atomic mass is 9.97. The summed E-state index contributed by atoms with van der Waals surface area (Å²) in [7, 11) is -0.715. The summed E-state index contributed by atoms with van der Waals surface area (Å²) in [5.41, 5.74) is 3.04. The number of rotatable bonds is 7. The largest absolute Gasteiger partial charge is 0.398 e. The average Bonchev–Trinajstić information content (AvgIpc) is 2.25. The van der Waals surface area contributed by atoms with E-state index in [-0.39, 0.29) is 0 Å². The van der Waals surface area contributed by atoms with Gasteiger partial charge in [-0.2, -0.15) is 0 Å². The highest BCUT2D eigenvalue weighted by molar-refractivity contribution is 6.17. The zero-order valence-corrected chi connectivity index (χ0v) is 12.1. The molecular formula is C12H27NO2Si. The van der Waals surface area contributed by atoms with Crippen molar-refractivity contribution in [2.24, 2.45) is 5.92 Å². The number of unbranched alkanes of at least 4 members (excludes halogenated alkanes) is 5. The van der Waals surface area contributed by atoms with Crippen LogP contribution in [0.5, 0.6) is 0 Å². The van der Waals surface area contributed by atoms with Crippen LogP contribution in [0.4, 0.5) is 0 Å². The van der Waals surface area contributed by atoms with Crippen LogP contribution in [-0.4, -0.2) is 23.2 Å². The Balaban J connectivity index is 1.93. The summed E-state index contributed by atoms with van der Waals surface area (Å²) in [5, 5.41) is 0. The van der Waals surface area contributed by atoms with E-state index in [0.29, 0.717) is 0 Å². The lowest BCUT2D eigenvalue weighted by Crippen LogP contribution is -2.30. The summed E-state index contributed by atoms with van der Waals surface area (Å²) in [6.45, 7) is 4.20. The number of hydrogen-bond donors (Lipinski definition) is 1. The van der Waals surface area contributed by atoms with Crippen LogP contribution in [0, 0.1) is 5.92 Å². The molecule has 1 N–H and O–H groups in total. The van der Waals surface area contributed by atoms with Gasteiger partial charge in [0.2, 0.25) is 0 Å². The third kappa shape index (κ3) is 7.38. The van der Waals surface area contributed by atoms with Crippen LogP contribution < -0.4 is 5.48 Å². The predicted molar refractivity (Wildman–Crippen MR) is 69.7 cm³/mol. The lowest BCUT2D eigenvalue weighted by molar-refractivity contribution is 0.101. The van der Waals surface area contributed by atoms with E-state index >= 15 is 0 Å². The Hall–Kier alpha value is 0.0969. The summed E-state index contributed by atoms with van der Waals surface area (Å²) >= 11 is 0. The summed E-state index contributed by atoms with van der Waals surface area (Å²) in [4.78, 5) is 0. The molecule has 1 fully saturated rings. The van der Waals surface area contributed by atoms with Crippen molar-refractivity contribution in [3.63, 3.8) is 0 Å². The molecule has 0 saturated carbocycles. The Morgan fingerprint density at radius 1 is 1.19 bits per heavy atom. The van der Waals surface area contributed by atoms with Crippen molar-refractivity contribution in [3.8, 4) is 0 Å². The maximum atomic E-state index is 5.42. The van der Waals surface area contributed by atoms with Gasteiger partial charge in [0.15, 0.2) is 0 Å². The summed E-state index contributed by atoms with van der Waals surface area (Å²) < 4.78 is 10.6. The predicted octanol–water partition coefficient (Wildman–Crippen LogP) is 2.29. The molecular weight excluding hydrogens is 218 g/mol. The second-order valence-electron chi connectivity index (χ2n) is 4.73. The molecule has 0 aliphatic carbocycles. The number of hydroxylamine groups is 1. The fraction of sp³-hybridized carbons (Fsp3) is 1.00. The van der Waals surface area contributed by atoms with E-state index in [9.17, 15) is 0 Å². The molecule has 0 radical (unpaired) electrons. The van der Waals surface area contributed by atoms with E-state index in [1.54, 1.807) is 0 Å². The molecule has 1 saturated heterocycles. The molecule has 0 aromatic rings. The minimum absolute atomic E-state index is 0.715. The van der Waals surface area contributed by atoms with E-state index in [4.69, 9.17) is 8.95 Å². The molecule has 0 amide bonds. The van der Waals surface area contributed by atoms with Crippen LogP contribution in [0.15, 0.2) is 0 Å². The minimum Gasteiger partial charge on any atom is -0.398 e. The fourth-order valence-electron chi connectivity index (χ4n) is 2.13. The first-order valence-corrected chi connectivity index (χ1v) is 8.01. The molecule has 0 aromatic heterocycles. The molecule has 96 valence electrons. The van der Waals surface area contributed by atoms with Gasteiger partial charge < -0.3 is 8.95 Å². The van der Waals surface area contributed by atoms with E-state index in [2.05, 4.69) is 12.4 Å². The van der Waals surface area contributed by atoms with Gasteiger partial charge in [0.1, 0.15) is 0 Å². The number of nitrogens with one attached hydrogen (secondary N) is 1. The maximum absolute atomic E-state index is 5.42. The van der Waals surface area contributed by atoms with Crippen molar-refractivity contribution >= 4 is 10.0 Å². The van der Waals surface area contributed by atoms with Crippen molar-refractivity contribution in [2.75, 3.05) is 13.2 Å². The van der Waals surface area contributed by atoms with Gasteiger partial charge in [-0.25, -0.2) is 5.48 Å². The second-order valence-corrected chi connectivity index (χ2v) is 5.66. The van der Waals surface area contributed by atoms with Gasteiger partial charge in [-0.15, -0.1) is 0 Å². The molecule has 1 rings (SSSR count). The first-order valence-electron chi connectivity index (χ1n) is 6.86. The van der Waals surface area contributed by atoms with Crippen LogP contribution in [-0.2, 0) is 8.95 Å². The molecule has 3 nitrogen and oxygen atoms in total. The highest BCUT2D eigenvalue weighted by Crippen LogP contribution is 2.15. The minimum atomic E-state index is -0.715. The highest BCUT2D eigenvalue weighted by Gasteiger charge is 2.10. The monoisotopic (exact) mass is 245 g/mol. The van der Waals surface area contributed by atoms with E-state index < -0.39 is 10.0 Å². The van der Waals surface area contributed by atoms with Gasteiger partial charge in [0.25, 0.3) is 0 Å². The van der Waals surface area contributed by atoms with Gasteiger partial charge >= 0.3 is 10.0 Å². The average molecular weight is 245 g/mol. The Morgan fingerprint density at radius 3 is 2.88 bits per heavy atom. The second kappa shape index (κ2) is 10.3. The van der Waals surface area contributed by atoms with Crippen LogP contribution in [0.1, 0.15) is 58.3 Å². The van der Waals surface area contributed by atoms with Crippen molar-refractivity contribution in [3.05, 3.63) is 0 Å². The van der Waals surface area contributed by atoms with Crippen molar-refractivity contribution in [1.82, 2.24) is 5.48 Å². The normalized spacial score (nSPS) is 24.2. The first kappa shape index (κ1) is 14.2. The summed E-state index contributed by atoms with van der Waals surface area (Å²) in [6.07, 6.45) is 10.9. The van der Waals surface area contributed by atoms with Crippen molar-refractivity contribution in [2.45, 2.75) is 58.3 Å². The van der Waals surface area contributed by atoms with Gasteiger partial charge in [-0.3, -0.25) is 0 Å². The lowest BCUT2D eigenvalue weighted by Gasteiger charge is -2.20. The zero-order valence-electron chi connectivity index (χ0n) is 10.7. The zero-order chi connectivity index (χ0) is 11.5. The van der Waals surface area contributed by atoms with Gasteiger partial charge in [0.05, 0.1) is 0 Å². The van der Waals surface area contributed by atoms with E-state index in [1.165, 1.54) is 51.4 Å². The molecule has 0 aromatic carbocycles. The van der Waals surface area contributed by atoms with Gasteiger partial charge in [-0.05, 0) is 18.8 Å².